The second-order valence-electron chi connectivity index (χ2n) is 17.0. The molecule has 2 aliphatic rings. The lowest BCUT2D eigenvalue weighted by molar-refractivity contribution is -0.384. The first-order valence-corrected chi connectivity index (χ1v) is 24.8. The van der Waals surface area contributed by atoms with Crippen molar-refractivity contribution >= 4 is 56.2 Å². The van der Waals surface area contributed by atoms with Crippen molar-refractivity contribution in [2.75, 3.05) is 71.4 Å². The van der Waals surface area contributed by atoms with Gasteiger partial charge in [0.1, 0.15) is 11.5 Å². The molecular weight excluding hydrogens is 894 g/mol. The number of nitrogens with one attached hydrogen (secondary N) is 2. The molecule has 0 radical (unpaired) electrons. The molecule has 0 amide bonds. The first-order chi connectivity index (χ1) is 32.2. The molecule has 0 bridgehead atoms. The number of sulfonamides is 1. The van der Waals surface area contributed by atoms with Crippen LogP contribution in [0.4, 0.5) is 32.8 Å². The third kappa shape index (κ3) is 11.1. The minimum absolute atomic E-state index is 0.161. The Morgan fingerprint density at radius 2 is 1.52 bits per heavy atom. The third-order valence-corrected chi connectivity index (χ3v) is 15.2. The Hall–Kier alpha value is -6.40. The number of halogens is 1. The second kappa shape index (κ2) is 20.6. The van der Waals surface area contributed by atoms with Gasteiger partial charge in [0.05, 0.1) is 27.2 Å². The molecule has 5 aromatic carbocycles. The molecule has 2 saturated heterocycles. The van der Waals surface area contributed by atoms with Gasteiger partial charge < -0.3 is 34.8 Å². The van der Waals surface area contributed by atoms with Crippen LogP contribution in [0.15, 0.2) is 131 Å². The van der Waals surface area contributed by atoms with E-state index < -0.39 is 20.9 Å². The van der Waals surface area contributed by atoms with Crippen molar-refractivity contribution in [3.05, 3.63) is 149 Å². The lowest BCUT2D eigenvalue weighted by Gasteiger charge is -2.37. The number of piperazine rings is 1. The summed E-state index contributed by atoms with van der Waals surface area (Å²) in [6.45, 7) is 6.76. The Morgan fingerprint density at radius 3 is 2.18 bits per heavy atom. The molecular formula is C50H54FN7O7S2. The zero-order valence-electron chi connectivity index (χ0n) is 37.3. The van der Waals surface area contributed by atoms with Crippen molar-refractivity contribution in [2.45, 2.75) is 48.1 Å². The molecule has 0 spiro atoms. The number of aliphatic hydroxyl groups excluding tert-OH is 1. The Balaban J connectivity index is 0.917. The van der Waals surface area contributed by atoms with Crippen LogP contribution in [-0.2, 0) is 17.1 Å². The SMILES string of the molecule is Cc1c(C(=O)O)c(-c2cccc(N3CCN(c4ccc(NS(=O)(=O)c5ccc(N[C@H](CCN6CCC(O)CC6)CSc6ccccc6)c([N+](=O)[O-])c5)cc4)CC3)c2)c(-c2ccc(F)cc2)n1C. The maximum absolute atomic E-state index is 13.9. The van der Waals surface area contributed by atoms with Crippen molar-refractivity contribution in [3.8, 4) is 22.4 Å². The number of piperidine rings is 1. The molecule has 1 aromatic heterocycles. The van der Waals surface area contributed by atoms with Gasteiger partial charge >= 0.3 is 5.97 Å². The summed E-state index contributed by atoms with van der Waals surface area (Å²) in [4.78, 5) is 32.0. The zero-order valence-corrected chi connectivity index (χ0v) is 39.0. The fourth-order valence-corrected chi connectivity index (χ4v) is 11.0. The van der Waals surface area contributed by atoms with Crippen LogP contribution in [0.2, 0.25) is 0 Å². The van der Waals surface area contributed by atoms with Gasteiger partial charge in [-0.2, -0.15) is 0 Å². The molecule has 14 nitrogen and oxygen atoms in total. The topological polar surface area (TPSA) is 174 Å². The van der Waals surface area contributed by atoms with Gasteiger partial charge in [-0.25, -0.2) is 17.6 Å². The summed E-state index contributed by atoms with van der Waals surface area (Å²) < 4.78 is 45.7. The highest BCUT2D eigenvalue weighted by Gasteiger charge is 2.28. The van der Waals surface area contributed by atoms with E-state index in [0.717, 1.165) is 47.5 Å². The number of carbonyl (C=O) groups is 1. The van der Waals surface area contributed by atoms with Gasteiger partial charge in [0, 0.05) is 104 Å². The molecule has 2 aliphatic heterocycles. The molecule has 0 saturated carbocycles. The van der Waals surface area contributed by atoms with Crippen LogP contribution < -0.4 is 19.8 Å². The standard InChI is InChI=1S/C50H54FN7O7S2/c1-34-47(50(60)61)48(49(54(34)2)35-11-13-37(51)14-12-35)36-7-6-8-41(31-36)57-29-27-56(28-30-57)40-17-15-38(16-18-40)53-67(64,65)44-19-20-45(46(32-44)58(62)63)52-39(33-66-43-9-4-3-5-10-43)21-24-55-25-22-42(59)23-26-55/h3-20,31-32,39,42,52-53,59H,21-30,33H2,1-2H3,(H,60,61)/t39-/m1/s1. The van der Waals surface area contributed by atoms with Crippen LogP contribution in [-0.4, -0.2) is 103 Å². The fraction of sp³-hybridized carbons (Fsp3) is 0.300. The van der Waals surface area contributed by atoms with Crippen LogP contribution in [0.3, 0.4) is 0 Å². The molecule has 350 valence electrons. The lowest BCUT2D eigenvalue weighted by atomic mass is 9.96. The van der Waals surface area contributed by atoms with Crippen LogP contribution in [0.25, 0.3) is 22.4 Å². The van der Waals surface area contributed by atoms with Gasteiger partial charge in [-0.1, -0.05) is 30.3 Å². The summed E-state index contributed by atoms with van der Waals surface area (Å²) in [5, 5.41) is 36.0. The number of aliphatic hydroxyl groups is 1. The van der Waals surface area contributed by atoms with Crippen molar-refractivity contribution in [1.82, 2.24) is 9.47 Å². The summed E-state index contributed by atoms with van der Waals surface area (Å²) in [7, 11) is -2.39. The minimum Gasteiger partial charge on any atom is -0.478 e. The molecule has 17 heteroatoms. The molecule has 0 unspecified atom stereocenters. The van der Waals surface area contributed by atoms with E-state index in [0.29, 0.717) is 79.4 Å². The van der Waals surface area contributed by atoms with Gasteiger partial charge in [-0.3, -0.25) is 14.8 Å². The molecule has 3 heterocycles. The van der Waals surface area contributed by atoms with Crippen LogP contribution in [0.5, 0.6) is 0 Å². The predicted octanol–water partition coefficient (Wildman–Crippen LogP) is 8.96. The molecule has 67 heavy (non-hydrogen) atoms. The van der Waals surface area contributed by atoms with Crippen LogP contribution in [0, 0.1) is 22.9 Å². The maximum Gasteiger partial charge on any atom is 0.338 e. The number of nitrogens with zero attached hydrogens (tertiary/aromatic N) is 5. The number of likely N-dealkylation sites (tertiary alicyclic amines) is 1. The number of thioether (sulfide) groups is 1. The van der Waals surface area contributed by atoms with Crippen molar-refractivity contribution in [2.24, 2.45) is 7.05 Å². The predicted molar refractivity (Wildman–Crippen MR) is 264 cm³/mol. The van der Waals surface area contributed by atoms with E-state index in [-0.39, 0.29) is 39.8 Å². The molecule has 1 atom stereocenters. The third-order valence-electron chi connectivity index (χ3n) is 12.7. The Bertz CT molecular complexity index is 2810. The van der Waals surface area contributed by atoms with E-state index in [9.17, 15) is 37.9 Å². The number of carboxylic acid groups (broad SMARTS) is 1. The molecule has 6 aromatic rings. The van der Waals surface area contributed by atoms with E-state index in [1.54, 1.807) is 43.0 Å². The summed E-state index contributed by atoms with van der Waals surface area (Å²) in [6.07, 6.45) is 1.84. The number of aromatic nitrogens is 1. The first-order valence-electron chi connectivity index (χ1n) is 22.3. The van der Waals surface area contributed by atoms with E-state index in [2.05, 4.69) is 24.7 Å². The maximum atomic E-state index is 13.9. The number of benzene rings is 5. The smallest absolute Gasteiger partial charge is 0.338 e. The second-order valence-corrected chi connectivity index (χ2v) is 19.8. The molecule has 2 fully saturated rings. The minimum atomic E-state index is -4.20. The first kappa shape index (κ1) is 47.1. The van der Waals surface area contributed by atoms with Gasteiger partial charge in [-0.15, -0.1) is 11.8 Å². The summed E-state index contributed by atoms with van der Waals surface area (Å²) in [5.41, 5.74) is 5.54. The Kier molecular flexibility index (Phi) is 14.5. The quantitative estimate of drug-likeness (QED) is 0.0389. The number of nitro benzene ring substituents is 1. The number of hydrogen-bond donors (Lipinski definition) is 4. The Labute approximate surface area is 394 Å². The van der Waals surface area contributed by atoms with Crippen LogP contribution in [0.1, 0.15) is 35.3 Å². The zero-order chi connectivity index (χ0) is 47.2. The summed E-state index contributed by atoms with van der Waals surface area (Å²) >= 11 is 1.64. The van der Waals surface area contributed by atoms with E-state index in [1.165, 1.54) is 24.3 Å². The Morgan fingerprint density at radius 1 is 0.851 bits per heavy atom. The van der Waals surface area contributed by atoms with Gasteiger partial charge in [0.15, 0.2) is 0 Å². The van der Waals surface area contributed by atoms with Gasteiger partial charge in [0.25, 0.3) is 15.7 Å². The summed E-state index contributed by atoms with van der Waals surface area (Å²) in [5.74, 6) is -0.785. The average molecular weight is 948 g/mol. The van der Waals surface area contributed by atoms with E-state index in [1.807, 2.05) is 78.3 Å². The van der Waals surface area contributed by atoms with Crippen molar-refractivity contribution < 1.29 is 32.7 Å². The highest BCUT2D eigenvalue weighted by atomic mass is 32.2. The highest BCUT2D eigenvalue weighted by molar-refractivity contribution is 7.99. The molecule has 4 N–H and O–H groups in total. The number of carboxylic acids is 1. The largest absolute Gasteiger partial charge is 0.478 e. The van der Waals surface area contributed by atoms with Crippen molar-refractivity contribution in [1.29, 1.82) is 0 Å². The highest BCUT2D eigenvalue weighted by Crippen LogP contribution is 2.40. The van der Waals surface area contributed by atoms with Gasteiger partial charge in [0.2, 0.25) is 0 Å². The number of anilines is 4. The van der Waals surface area contributed by atoms with Crippen LogP contribution >= 0.6 is 11.8 Å². The summed E-state index contributed by atoms with van der Waals surface area (Å²) in [6, 6.07) is 34.6. The average Bonchev–Trinajstić information content (AvgIpc) is 3.60. The van der Waals surface area contributed by atoms with Crippen molar-refractivity contribution in [3.63, 3.8) is 0 Å². The number of rotatable bonds is 17. The van der Waals surface area contributed by atoms with Gasteiger partial charge in [-0.05, 0) is 122 Å². The monoisotopic (exact) mass is 947 g/mol. The molecule has 0 aliphatic carbocycles. The number of aromatic carboxylic acids is 1. The molecule has 8 rings (SSSR count). The van der Waals surface area contributed by atoms with E-state index >= 15 is 0 Å². The normalized spacial score (nSPS) is 15.3. The van der Waals surface area contributed by atoms with E-state index in [4.69, 9.17) is 0 Å². The number of hydrogen-bond acceptors (Lipinski definition) is 11. The lowest BCUT2D eigenvalue weighted by Crippen LogP contribution is -2.46. The fourth-order valence-electron chi connectivity index (χ4n) is 8.89. The number of nitro groups is 1.